The molecular weight excluding hydrogens is 336 g/mol. The van der Waals surface area contributed by atoms with E-state index in [4.69, 9.17) is 4.74 Å². The molecule has 1 aromatic rings. The van der Waals surface area contributed by atoms with E-state index in [0.29, 0.717) is 11.7 Å². The third kappa shape index (κ3) is 1.61. The van der Waals surface area contributed by atoms with Gasteiger partial charge in [0.05, 0.1) is 26.2 Å². The molecule has 0 bridgehead atoms. The first-order valence-electron chi connectivity index (χ1n) is 10.0. The first-order chi connectivity index (χ1) is 12.4. The molecule has 1 aromatic carbocycles. The minimum absolute atomic E-state index is 0.144. The van der Waals surface area contributed by atoms with Crippen LogP contribution in [0.25, 0.3) is 0 Å². The summed E-state index contributed by atoms with van der Waals surface area (Å²) in [5.74, 6) is 0.953. The Kier molecular flexibility index (Phi) is 3.26. The molecular formula is C23H28O2Si. The van der Waals surface area contributed by atoms with Crippen LogP contribution in [0.5, 0.6) is 0 Å². The van der Waals surface area contributed by atoms with Crippen molar-refractivity contribution in [1.82, 2.24) is 0 Å². The van der Waals surface area contributed by atoms with Gasteiger partial charge in [0, 0.05) is 11.3 Å². The van der Waals surface area contributed by atoms with Crippen LogP contribution in [0.4, 0.5) is 0 Å². The van der Waals surface area contributed by atoms with Crippen LogP contribution in [0.1, 0.15) is 25.3 Å². The highest BCUT2D eigenvalue weighted by atomic mass is 28.3. The average Bonchev–Trinajstić information content (AvgIpc) is 3.19. The molecule has 0 N–H and O–H groups in total. The molecule has 0 aromatic heterocycles. The Morgan fingerprint density at radius 1 is 1.12 bits per heavy atom. The van der Waals surface area contributed by atoms with Crippen LogP contribution in [0.3, 0.4) is 0 Å². The highest BCUT2D eigenvalue weighted by molar-refractivity contribution is 6.88. The number of carbonyl (C=O) groups is 1. The molecule has 2 nitrogen and oxygen atoms in total. The summed E-state index contributed by atoms with van der Waals surface area (Å²) in [5, 5.41) is 1.23. The smallest absolute Gasteiger partial charge is 0.167 e. The van der Waals surface area contributed by atoms with Crippen LogP contribution in [0, 0.1) is 17.3 Å². The van der Waals surface area contributed by atoms with E-state index in [1.165, 1.54) is 16.3 Å². The van der Waals surface area contributed by atoms with Gasteiger partial charge < -0.3 is 4.74 Å². The van der Waals surface area contributed by atoms with Gasteiger partial charge in [-0.25, -0.2) is 0 Å². The Balaban J connectivity index is 1.91. The van der Waals surface area contributed by atoms with E-state index in [-0.39, 0.29) is 17.4 Å². The van der Waals surface area contributed by atoms with Gasteiger partial charge in [0.25, 0.3) is 0 Å². The van der Waals surface area contributed by atoms with Gasteiger partial charge >= 0.3 is 0 Å². The van der Waals surface area contributed by atoms with Gasteiger partial charge in [0.15, 0.2) is 5.78 Å². The van der Waals surface area contributed by atoms with Crippen molar-refractivity contribution in [3.8, 4) is 0 Å². The lowest BCUT2D eigenvalue weighted by Crippen LogP contribution is -2.58. The van der Waals surface area contributed by atoms with Crippen molar-refractivity contribution in [2.24, 2.45) is 17.3 Å². The van der Waals surface area contributed by atoms with E-state index >= 15 is 0 Å². The van der Waals surface area contributed by atoms with Crippen molar-refractivity contribution in [2.75, 3.05) is 6.61 Å². The first kappa shape index (κ1) is 16.7. The van der Waals surface area contributed by atoms with Crippen molar-refractivity contribution in [3.63, 3.8) is 0 Å². The van der Waals surface area contributed by atoms with E-state index in [2.05, 4.69) is 69.0 Å². The number of Topliss-reactive ketones (excluding diaryl/α,β-unsaturated/α-hetero) is 1. The lowest BCUT2D eigenvalue weighted by atomic mass is 9.47. The lowest BCUT2D eigenvalue weighted by Gasteiger charge is -2.52. The molecule has 1 aliphatic heterocycles. The second kappa shape index (κ2) is 5.08. The minimum Gasteiger partial charge on any atom is -0.377 e. The number of rotatable bonds is 2. The summed E-state index contributed by atoms with van der Waals surface area (Å²) >= 11 is 0. The fourth-order valence-corrected chi connectivity index (χ4v) is 9.05. The molecule has 4 aliphatic rings. The second-order valence-corrected chi connectivity index (χ2v) is 14.6. The Morgan fingerprint density at radius 3 is 2.54 bits per heavy atom. The van der Waals surface area contributed by atoms with Crippen LogP contribution < -0.4 is 0 Å². The number of benzene rings is 1. The molecule has 1 spiro atoms. The van der Waals surface area contributed by atoms with E-state index in [1.807, 2.05) is 0 Å². The molecule has 3 aliphatic carbocycles. The van der Waals surface area contributed by atoms with Crippen molar-refractivity contribution in [3.05, 3.63) is 58.8 Å². The van der Waals surface area contributed by atoms with Crippen LogP contribution in [-0.2, 0) is 14.9 Å². The number of allylic oxidation sites excluding steroid dienone is 2. The molecule has 1 saturated carbocycles. The number of hydrogen-bond donors (Lipinski definition) is 0. The summed E-state index contributed by atoms with van der Waals surface area (Å²) in [7, 11) is -1.76. The van der Waals surface area contributed by atoms with Crippen molar-refractivity contribution in [2.45, 2.75) is 50.9 Å². The highest BCUT2D eigenvalue weighted by Gasteiger charge is 2.76. The summed E-state index contributed by atoms with van der Waals surface area (Å²) < 4.78 is 6.38. The zero-order valence-corrected chi connectivity index (χ0v) is 17.2. The van der Waals surface area contributed by atoms with E-state index in [9.17, 15) is 4.79 Å². The molecule has 1 saturated heterocycles. The fraction of sp³-hybridized carbons (Fsp3) is 0.522. The third-order valence-corrected chi connectivity index (χ3v) is 9.59. The Hall–Kier alpha value is -1.45. The molecule has 26 heavy (non-hydrogen) atoms. The molecule has 5 rings (SSSR count). The standard InChI is InChI=1S/C23H28O2Si/c1-15-10-11-17-14-25-19-13-12-18-20(26(2,3)4)21(24)22(15,23(17,18)19)16-8-6-5-7-9-16/h5-11,15,17,19H,12-14H2,1-4H3/t15-,17?,19?,22-,23?/m1/s1. The predicted molar refractivity (Wildman–Crippen MR) is 107 cm³/mol. The minimum atomic E-state index is -1.76. The molecule has 3 heteroatoms. The topological polar surface area (TPSA) is 26.3 Å². The van der Waals surface area contributed by atoms with Crippen LogP contribution >= 0.6 is 0 Å². The zero-order chi connectivity index (χ0) is 18.3. The SMILES string of the molecule is C[C@@H]1C=CC2COC3CCC4=C([Si](C)(C)C)C(=O)[C@@]1(c1ccccc1)C423. The monoisotopic (exact) mass is 364 g/mol. The van der Waals surface area contributed by atoms with Gasteiger partial charge in [-0.1, -0.05) is 74.6 Å². The van der Waals surface area contributed by atoms with Crippen LogP contribution in [0.15, 0.2) is 53.3 Å². The van der Waals surface area contributed by atoms with Crippen molar-refractivity contribution >= 4 is 13.9 Å². The van der Waals surface area contributed by atoms with Gasteiger partial charge in [0.2, 0.25) is 0 Å². The lowest BCUT2D eigenvalue weighted by molar-refractivity contribution is -0.126. The van der Waals surface area contributed by atoms with E-state index in [0.717, 1.165) is 19.4 Å². The summed E-state index contributed by atoms with van der Waals surface area (Å²) in [5.41, 5.74) is 2.06. The summed E-state index contributed by atoms with van der Waals surface area (Å²) in [4.78, 5) is 14.3. The number of carbonyl (C=O) groups excluding carboxylic acids is 1. The van der Waals surface area contributed by atoms with Gasteiger partial charge in [-0.3, -0.25) is 4.79 Å². The number of hydrogen-bond acceptors (Lipinski definition) is 2. The Labute approximate surface area is 157 Å². The van der Waals surface area contributed by atoms with Crippen LogP contribution in [0.2, 0.25) is 19.6 Å². The molecule has 0 radical (unpaired) electrons. The maximum Gasteiger partial charge on any atom is 0.167 e. The van der Waals surface area contributed by atoms with E-state index < -0.39 is 13.5 Å². The maximum atomic E-state index is 14.3. The van der Waals surface area contributed by atoms with Gasteiger partial charge in [0.1, 0.15) is 0 Å². The molecule has 5 atom stereocenters. The summed E-state index contributed by atoms with van der Waals surface area (Å²) in [6.07, 6.45) is 6.98. The largest absolute Gasteiger partial charge is 0.377 e. The fourth-order valence-electron chi connectivity index (χ4n) is 6.93. The average molecular weight is 365 g/mol. The second-order valence-electron chi connectivity index (χ2n) is 9.62. The summed E-state index contributed by atoms with van der Waals surface area (Å²) in [6, 6.07) is 10.6. The Morgan fingerprint density at radius 2 is 1.85 bits per heavy atom. The normalized spacial score (nSPS) is 40.9. The Bertz CT molecular complexity index is 847. The van der Waals surface area contributed by atoms with Gasteiger partial charge in [-0.15, -0.1) is 0 Å². The summed E-state index contributed by atoms with van der Waals surface area (Å²) in [6.45, 7) is 10.0. The quantitative estimate of drug-likeness (QED) is 0.562. The molecule has 0 amide bonds. The molecule has 2 fully saturated rings. The molecule has 1 heterocycles. The van der Waals surface area contributed by atoms with Crippen LogP contribution in [-0.4, -0.2) is 26.6 Å². The number of ketones is 1. The van der Waals surface area contributed by atoms with E-state index in [1.54, 1.807) is 0 Å². The van der Waals surface area contributed by atoms with Gasteiger partial charge in [-0.05, 0) is 29.5 Å². The number of ether oxygens (including phenoxy) is 1. The molecule has 3 unspecified atom stereocenters. The molecule has 136 valence electrons. The van der Waals surface area contributed by atoms with Crippen molar-refractivity contribution < 1.29 is 9.53 Å². The maximum absolute atomic E-state index is 14.3. The predicted octanol–water partition coefficient (Wildman–Crippen LogP) is 4.68. The third-order valence-electron chi connectivity index (χ3n) is 7.56. The van der Waals surface area contributed by atoms with Crippen molar-refractivity contribution in [1.29, 1.82) is 0 Å². The highest BCUT2D eigenvalue weighted by Crippen LogP contribution is 2.73. The van der Waals surface area contributed by atoms with Gasteiger partial charge in [-0.2, -0.15) is 0 Å². The first-order valence-corrected chi connectivity index (χ1v) is 13.5. The zero-order valence-electron chi connectivity index (χ0n) is 16.2.